The Labute approximate surface area is 234 Å². The second-order valence-corrected chi connectivity index (χ2v) is 10.8. The number of rotatable bonds is 0. The van der Waals surface area contributed by atoms with E-state index in [1.165, 1.54) is 0 Å². The lowest BCUT2D eigenvalue weighted by Gasteiger charge is -2.50. The van der Waals surface area contributed by atoms with Crippen molar-refractivity contribution in [3.8, 4) is 0 Å². The van der Waals surface area contributed by atoms with Gasteiger partial charge in [-0.1, -0.05) is 0 Å². The van der Waals surface area contributed by atoms with E-state index in [2.05, 4.69) is 90.6 Å². The van der Waals surface area contributed by atoms with Crippen LogP contribution >= 0.6 is 0 Å². The molecule has 0 aliphatic carbocycles. The lowest BCUT2D eigenvalue weighted by molar-refractivity contribution is 1.18. The zero-order chi connectivity index (χ0) is 26.9. The maximum absolute atomic E-state index is 4.87. The number of nitrogens with zero attached hydrogens (tertiary/aromatic N) is 12. The smallest absolute Gasteiger partial charge is 0.381 e. The first-order valence-corrected chi connectivity index (χ1v) is 13.4. The van der Waals surface area contributed by atoms with Crippen LogP contribution in [0.2, 0.25) is 0 Å². The van der Waals surface area contributed by atoms with Crippen LogP contribution in [0.1, 0.15) is 0 Å². The average Bonchev–Trinajstić information content (AvgIpc) is 3.63. The standard InChI is InChI=1S/C24H24B4N12/c1-33-21-17(9-5-13-29-21)37-25(33)38-18-10-6-14-30-22(18)34(2)27(38)40-20-12-8-16-32-24(20)36(4)28(40)39-19-11-7-15-31-23(19)35(3)26(37)39/h5-16H,1-4H3. The monoisotopic (exact) mass is 524 g/mol. The molecule has 0 amide bonds. The maximum atomic E-state index is 4.87. The first-order chi connectivity index (χ1) is 19.6. The van der Waals surface area contributed by atoms with E-state index in [-0.39, 0.29) is 28.5 Å². The van der Waals surface area contributed by atoms with Crippen LogP contribution in [0.15, 0.2) is 73.3 Å². The summed E-state index contributed by atoms with van der Waals surface area (Å²) in [7, 11) is 7.76. The molecule has 4 aromatic heterocycles. The molecule has 12 nitrogen and oxygen atoms in total. The number of anilines is 8. The molecule has 9 heterocycles. The molecule has 0 aromatic carbocycles. The van der Waals surface area contributed by atoms with Crippen LogP contribution < -0.4 is 38.1 Å². The van der Waals surface area contributed by atoms with Crippen LogP contribution in [0, 0.1) is 0 Å². The van der Waals surface area contributed by atoms with Crippen LogP contribution in [0.5, 0.6) is 0 Å². The minimum Gasteiger partial charge on any atom is -0.381 e. The predicted octanol–water partition coefficient (Wildman–Crippen LogP) is 1.35. The van der Waals surface area contributed by atoms with Gasteiger partial charge in [-0.3, -0.25) is 0 Å². The SMILES string of the molecule is CN1B2N(B3N(C)c4ncccc4N3B3N(C)c4ncccc4N3B3N(C)c4ncccc4N23)c2cccnc21. The third kappa shape index (κ3) is 2.43. The molecule has 1 saturated heterocycles. The van der Waals surface area contributed by atoms with E-state index in [4.69, 9.17) is 19.9 Å². The summed E-state index contributed by atoms with van der Waals surface area (Å²) in [6, 6.07) is 16.8. The van der Waals surface area contributed by atoms with Crippen LogP contribution in [-0.2, 0) is 0 Å². The Morgan fingerprint density at radius 3 is 0.850 bits per heavy atom. The molecule has 0 radical (unpaired) electrons. The molecule has 16 heteroatoms. The highest BCUT2D eigenvalue weighted by Gasteiger charge is 2.68. The Kier molecular flexibility index (Phi) is 4.13. The van der Waals surface area contributed by atoms with Gasteiger partial charge in [-0.25, -0.2) is 19.9 Å². The van der Waals surface area contributed by atoms with Gasteiger partial charge >= 0.3 is 28.5 Å². The van der Waals surface area contributed by atoms with Crippen LogP contribution in [0.4, 0.5) is 46.0 Å². The molecular weight excluding hydrogens is 500 g/mol. The van der Waals surface area contributed by atoms with Gasteiger partial charge in [0.05, 0.1) is 22.7 Å². The maximum Gasteiger partial charge on any atom is 0.486 e. The lowest BCUT2D eigenvalue weighted by Crippen LogP contribution is -2.84. The first kappa shape index (κ1) is 22.1. The topological polar surface area (TPSA) is 77.5 Å². The molecule has 4 aromatic rings. The number of hydrogen-bond acceptors (Lipinski definition) is 12. The lowest BCUT2D eigenvalue weighted by atomic mass is 9.56. The third-order valence-electron chi connectivity index (χ3n) is 8.89. The Morgan fingerprint density at radius 2 is 0.625 bits per heavy atom. The first-order valence-electron chi connectivity index (χ1n) is 13.4. The van der Waals surface area contributed by atoms with Gasteiger partial charge in [0.1, 0.15) is 23.3 Å². The summed E-state index contributed by atoms with van der Waals surface area (Å²) in [5.41, 5.74) is 4.31. The fourth-order valence-corrected chi connectivity index (χ4v) is 7.39. The second-order valence-electron chi connectivity index (χ2n) is 10.8. The van der Waals surface area contributed by atoms with Gasteiger partial charge in [0.25, 0.3) is 0 Å². The normalized spacial score (nSPS) is 17.9. The van der Waals surface area contributed by atoms with Crippen LogP contribution in [0.25, 0.3) is 0 Å². The van der Waals surface area contributed by atoms with Crippen molar-refractivity contribution >= 4 is 74.5 Å². The van der Waals surface area contributed by atoms with E-state index in [0.717, 1.165) is 46.0 Å². The van der Waals surface area contributed by atoms with Crippen molar-refractivity contribution in [3.63, 3.8) is 0 Å². The van der Waals surface area contributed by atoms with E-state index in [1.54, 1.807) is 0 Å². The third-order valence-corrected chi connectivity index (χ3v) is 8.89. The van der Waals surface area contributed by atoms with E-state index >= 15 is 0 Å². The Balaban J connectivity index is 1.38. The zero-order valence-corrected chi connectivity index (χ0v) is 22.6. The molecule has 9 rings (SSSR count). The fourth-order valence-electron chi connectivity index (χ4n) is 7.39. The molecule has 0 unspecified atom stereocenters. The number of fused-ring (bicyclic) bond motifs is 16. The summed E-state index contributed by atoms with van der Waals surface area (Å²) in [5, 5.41) is 0. The molecular formula is C24H24B4N12. The molecule has 0 saturated carbocycles. The summed E-state index contributed by atoms with van der Waals surface area (Å²) in [6.45, 7) is 0. The van der Waals surface area contributed by atoms with Gasteiger partial charge < -0.3 is 38.1 Å². The summed E-state index contributed by atoms with van der Waals surface area (Å²) in [4.78, 5) is 28.6. The molecule has 40 heavy (non-hydrogen) atoms. The highest BCUT2D eigenvalue weighted by molar-refractivity contribution is 7.10. The van der Waals surface area contributed by atoms with Crippen molar-refractivity contribution < 1.29 is 0 Å². The quantitative estimate of drug-likeness (QED) is 0.312. The molecule has 192 valence electrons. The van der Waals surface area contributed by atoms with E-state index in [0.29, 0.717) is 0 Å². The van der Waals surface area contributed by atoms with Gasteiger partial charge in [0, 0.05) is 24.8 Å². The summed E-state index contributed by atoms with van der Waals surface area (Å²) in [5.74, 6) is 3.78. The molecule has 0 spiro atoms. The summed E-state index contributed by atoms with van der Waals surface area (Å²) in [6.07, 6.45) is 7.50. The van der Waals surface area contributed by atoms with Crippen molar-refractivity contribution in [1.82, 2.24) is 19.9 Å². The second kappa shape index (κ2) is 7.46. The summed E-state index contributed by atoms with van der Waals surface area (Å²) < 4.78 is 9.92. The zero-order valence-electron chi connectivity index (χ0n) is 22.6. The molecule has 0 atom stereocenters. The van der Waals surface area contributed by atoms with Crippen molar-refractivity contribution in [2.24, 2.45) is 0 Å². The van der Waals surface area contributed by atoms with Gasteiger partial charge in [-0.2, -0.15) is 0 Å². The molecule has 0 bridgehead atoms. The Bertz CT molecular complexity index is 1430. The van der Waals surface area contributed by atoms with Crippen LogP contribution in [-0.4, -0.2) is 76.6 Å². The van der Waals surface area contributed by atoms with E-state index in [9.17, 15) is 0 Å². The molecule has 0 N–H and O–H groups in total. The number of hydrogen-bond donors (Lipinski definition) is 0. The van der Waals surface area contributed by atoms with Crippen molar-refractivity contribution in [2.75, 3.05) is 66.3 Å². The van der Waals surface area contributed by atoms with Crippen molar-refractivity contribution in [3.05, 3.63) is 73.3 Å². The van der Waals surface area contributed by atoms with Gasteiger partial charge in [0.2, 0.25) is 0 Å². The molecule has 5 aliphatic heterocycles. The summed E-state index contributed by atoms with van der Waals surface area (Å²) >= 11 is 0. The molecule has 5 aliphatic rings. The largest absolute Gasteiger partial charge is 0.486 e. The van der Waals surface area contributed by atoms with Gasteiger partial charge in [0.15, 0.2) is 0 Å². The minimum absolute atomic E-state index is 0.195. The van der Waals surface area contributed by atoms with Gasteiger partial charge in [-0.05, 0) is 76.7 Å². The fraction of sp³-hybridized carbons (Fsp3) is 0.167. The Morgan fingerprint density at radius 1 is 0.400 bits per heavy atom. The minimum atomic E-state index is -0.195. The van der Waals surface area contributed by atoms with Crippen LogP contribution in [0.3, 0.4) is 0 Å². The van der Waals surface area contributed by atoms with Gasteiger partial charge in [-0.15, -0.1) is 0 Å². The number of aromatic nitrogens is 4. The predicted molar refractivity (Wildman–Crippen MR) is 163 cm³/mol. The van der Waals surface area contributed by atoms with Crippen molar-refractivity contribution in [1.29, 1.82) is 0 Å². The average molecular weight is 524 g/mol. The number of pyridine rings is 4. The van der Waals surface area contributed by atoms with Crippen molar-refractivity contribution in [2.45, 2.75) is 0 Å². The Hall–Kier alpha value is -4.74. The van der Waals surface area contributed by atoms with E-state index in [1.807, 2.05) is 49.1 Å². The highest BCUT2D eigenvalue weighted by Crippen LogP contribution is 2.51. The highest BCUT2D eigenvalue weighted by atomic mass is 15.6. The molecule has 1 fully saturated rings. The van der Waals surface area contributed by atoms with E-state index < -0.39 is 0 Å².